The Morgan fingerprint density at radius 3 is 2.73 bits per heavy atom. The number of halogens is 1. The van der Waals surface area contributed by atoms with Crippen LogP contribution in [0.5, 0.6) is 0 Å². The highest BCUT2D eigenvalue weighted by atomic mass is 35.5. The third-order valence-corrected chi connectivity index (χ3v) is 7.24. The van der Waals surface area contributed by atoms with Gasteiger partial charge in [0, 0.05) is 18.8 Å². The van der Waals surface area contributed by atoms with Crippen LogP contribution in [0.25, 0.3) is 0 Å². The number of carbonyl (C=O) groups is 1. The second kappa shape index (κ2) is 6.31. The average Bonchev–Trinajstić information content (AvgIpc) is 2.79. The van der Waals surface area contributed by atoms with E-state index in [-0.39, 0.29) is 17.8 Å². The highest BCUT2D eigenvalue weighted by molar-refractivity contribution is 6.24. The summed E-state index contributed by atoms with van der Waals surface area (Å²) < 4.78 is 18.0. The molecule has 6 nitrogen and oxygen atoms in total. The number of esters is 1. The smallest absolute Gasteiger partial charge is 0.308 e. The molecule has 0 aromatic rings. The Bertz CT molecular complexity index is 582. The quantitative estimate of drug-likeness (QED) is 0.415. The van der Waals surface area contributed by atoms with Crippen LogP contribution in [0.4, 0.5) is 0 Å². The van der Waals surface area contributed by atoms with Gasteiger partial charge in [-0.1, -0.05) is 13.8 Å². The lowest BCUT2D eigenvalue weighted by molar-refractivity contribution is -0.574. The fourth-order valence-electron chi connectivity index (χ4n) is 5.38. The zero-order valence-electron chi connectivity index (χ0n) is 16.0. The van der Waals surface area contributed by atoms with Gasteiger partial charge in [0.2, 0.25) is 12.1 Å². The Balaban J connectivity index is 1.71. The van der Waals surface area contributed by atoms with Gasteiger partial charge in [-0.2, -0.15) is 0 Å². The normalized spacial score (nSPS) is 52.9. The minimum atomic E-state index is -0.914. The van der Waals surface area contributed by atoms with Crippen LogP contribution in [-0.2, 0) is 28.8 Å². The molecule has 7 heteroatoms. The maximum absolute atomic E-state index is 12.1. The monoisotopic (exact) mass is 388 g/mol. The lowest BCUT2D eigenvalue weighted by Gasteiger charge is -2.62. The molecule has 0 amide bonds. The fourth-order valence-corrected chi connectivity index (χ4v) is 5.75. The van der Waals surface area contributed by atoms with Crippen LogP contribution in [0.15, 0.2) is 0 Å². The number of hydrogen-bond acceptors (Lipinski definition) is 6. The first-order valence-electron chi connectivity index (χ1n) is 9.81. The van der Waals surface area contributed by atoms with Gasteiger partial charge in [0.15, 0.2) is 11.9 Å². The maximum atomic E-state index is 12.1. The molecule has 4 aliphatic heterocycles. The van der Waals surface area contributed by atoms with Crippen LogP contribution in [0.1, 0.15) is 66.2 Å². The van der Waals surface area contributed by atoms with Gasteiger partial charge >= 0.3 is 5.97 Å². The Morgan fingerprint density at radius 2 is 2.00 bits per heavy atom. The third-order valence-electron chi connectivity index (χ3n) is 6.80. The van der Waals surface area contributed by atoms with E-state index >= 15 is 0 Å². The SMILES string of the molecule is CCCC(=O)OC1OC2O[C@]3(C)CCC4[C@H](C)CCC(C24OO3)[C@@]1(C)Cl. The lowest BCUT2D eigenvalue weighted by atomic mass is 9.58. The summed E-state index contributed by atoms with van der Waals surface area (Å²) in [6.45, 7) is 7.93. The van der Waals surface area contributed by atoms with Gasteiger partial charge in [-0.15, -0.1) is 11.6 Å². The van der Waals surface area contributed by atoms with Gasteiger partial charge in [-0.25, -0.2) is 9.78 Å². The van der Waals surface area contributed by atoms with Crippen LogP contribution in [0, 0.1) is 17.8 Å². The van der Waals surface area contributed by atoms with Crippen LogP contribution < -0.4 is 0 Å². The first kappa shape index (κ1) is 18.9. The van der Waals surface area contributed by atoms with Crippen molar-refractivity contribution < 1.29 is 28.8 Å². The molecule has 4 heterocycles. The minimum absolute atomic E-state index is 0.0984. The van der Waals surface area contributed by atoms with Gasteiger partial charge in [0.05, 0.1) is 0 Å². The fraction of sp³-hybridized carbons (Fsp3) is 0.947. The van der Waals surface area contributed by atoms with E-state index in [0.717, 1.165) is 25.7 Å². The molecule has 2 bridgehead atoms. The molecule has 5 aliphatic rings. The van der Waals surface area contributed by atoms with Gasteiger partial charge in [0.25, 0.3) is 0 Å². The predicted octanol–water partition coefficient (Wildman–Crippen LogP) is 3.90. The molecule has 0 N–H and O–H groups in total. The predicted molar refractivity (Wildman–Crippen MR) is 92.9 cm³/mol. The zero-order chi connectivity index (χ0) is 18.7. The number of rotatable bonds is 3. The third kappa shape index (κ3) is 2.64. The number of fused-ring (bicyclic) bond motifs is 2. The maximum Gasteiger partial charge on any atom is 0.308 e. The van der Waals surface area contributed by atoms with Gasteiger partial charge < -0.3 is 14.2 Å². The zero-order valence-corrected chi connectivity index (χ0v) is 16.7. The summed E-state index contributed by atoms with van der Waals surface area (Å²) >= 11 is 7.00. The van der Waals surface area contributed by atoms with Crippen molar-refractivity contribution in [3.8, 4) is 0 Å². The number of alkyl halides is 1. The molecule has 1 aliphatic carbocycles. The highest BCUT2D eigenvalue weighted by Crippen LogP contribution is 2.62. The second-order valence-corrected chi connectivity index (χ2v) is 9.53. The van der Waals surface area contributed by atoms with Crippen molar-refractivity contribution in [2.24, 2.45) is 17.8 Å². The van der Waals surface area contributed by atoms with Crippen LogP contribution >= 0.6 is 11.6 Å². The second-order valence-electron chi connectivity index (χ2n) is 8.72. The molecule has 1 saturated carbocycles. The summed E-state index contributed by atoms with van der Waals surface area (Å²) in [5.74, 6) is -0.574. The average molecular weight is 389 g/mol. The van der Waals surface area contributed by atoms with Gasteiger partial charge in [-0.05, 0) is 51.4 Å². The first-order chi connectivity index (χ1) is 12.2. The summed E-state index contributed by atoms with van der Waals surface area (Å²) in [6, 6.07) is 0. The van der Waals surface area contributed by atoms with E-state index in [9.17, 15) is 4.79 Å². The molecule has 0 aromatic carbocycles. The molecule has 0 aromatic heterocycles. The van der Waals surface area contributed by atoms with Crippen molar-refractivity contribution in [2.75, 3.05) is 0 Å². The van der Waals surface area contributed by atoms with E-state index in [1.165, 1.54) is 0 Å². The van der Waals surface area contributed by atoms with E-state index in [1.54, 1.807) is 0 Å². The summed E-state index contributed by atoms with van der Waals surface area (Å²) in [5.41, 5.74) is -0.766. The molecular weight excluding hydrogens is 360 g/mol. The summed E-state index contributed by atoms with van der Waals surface area (Å²) in [4.78, 5) is 23.0. The van der Waals surface area contributed by atoms with E-state index in [2.05, 4.69) is 6.92 Å². The summed E-state index contributed by atoms with van der Waals surface area (Å²) in [6.07, 6.45) is 3.08. The van der Waals surface area contributed by atoms with Crippen molar-refractivity contribution in [3.63, 3.8) is 0 Å². The van der Waals surface area contributed by atoms with Crippen LogP contribution in [-0.4, -0.2) is 34.8 Å². The van der Waals surface area contributed by atoms with Crippen molar-refractivity contribution in [1.29, 1.82) is 0 Å². The topological polar surface area (TPSA) is 63.2 Å². The first-order valence-corrected chi connectivity index (χ1v) is 10.2. The largest absolute Gasteiger partial charge is 0.434 e. The van der Waals surface area contributed by atoms with Gasteiger partial charge in [0.1, 0.15) is 4.87 Å². The molecule has 148 valence electrons. The standard InChI is InChI=1S/C19H29ClO6/c1-5-6-14(21)22-15-18(4,20)13-8-7-11(2)12-9-10-17(3)24-16(23-15)19(12,13)26-25-17/h11-13,15-16H,5-10H2,1-4H3/t11-,12?,13?,15?,16?,17+,18-,19?/m1/s1. The molecule has 5 unspecified atom stereocenters. The van der Waals surface area contributed by atoms with Crippen molar-refractivity contribution in [2.45, 2.75) is 95.1 Å². The molecule has 5 fully saturated rings. The Labute approximate surface area is 159 Å². The molecule has 1 spiro atoms. The van der Waals surface area contributed by atoms with Crippen LogP contribution in [0.3, 0.4) is 0 Å². The minimum Gasteiger partial charge on any atom is -0.434 e. The Morgan fingerprint density at radius 1 is 1.23 bits per heavy atom. The van der Waals surface area contributed by atoms with Gasteiger partial charge in [-0.3, -0.25) is 4.79 Å². The van der Waals surface area contributed by atoms with E-state index in [1.807, 2.05) is 20.8 Å². The van der Waals surface area contributed by atoms with E-state index in [0.29, 0.717) is 18.8 Å². The van der Waals surface area contributed by atoms with E-state index in [4.69, 9.17) is 35.6 Å². The number of ether oxygens (including phenoxy) is 3. The van der Waals surface area contributed by atoms with Crippen molar-refractivity contribution >= 4 is 17.6 Å². The summed E-state index contributed by atoms with van der Waals surface area (Å²) in [7, 11) is 0. The molecule has 4 saturated heterocycles. The molecule has 8 atom stereocenters. The molecule has 5 rings (SSSR count). The van der Waals surface area contributed by atoms with E-state index < -0.39 is 28.8 Å². The number of hydrogen-bond donors (Lipinski definition) is 0. The molecular formula is C19H29ClO6. The number of carbonyl (C=O) groups excluding carboxylic acids is 1. The van der Waals surface area contributed by atoms with Crippen LogP contribution in [0.2, 0.25) is 0 Å². The molecule has 26 heavy (non-hydrogen) atoms. The lowest BCUT2D eigenvalue weighted by Crippen LogP contribution is -2.74. The highest BCUT2D eigenvalue weighted by Gasteiger charge is 2.73. The van der Waals surface area contributed by atoms with Crippen molar-refractivity contribution in [1.82, 2.24) is 0 Å². The Hall–Kier alpha value is -0.400. The molecule has 0 radical (unpaired) electrons. The summed E-state index contributed by atoms with van der Waals surface area (Å²) in [5, 5.41) is 0. The Kier molecular flexibility index (Phi) is 4.60. The van der Waals surface area contributed by atoms with Crippen molar-refractivity contribution in [3.05, 3.63) is 0 Å².